The summed E-state index contributed by atoms with van der Waals surface area (Å²) in [6, 6.07) is 0. The Kier molecular flexibility index (Phi) is 4.16. The van der Waals surface area contributed by atoms with E-state index in [9.17, 15) is 0 Å². The lowest BCUT2D eigenvalue weighted by atomic mass is 9.87. The van der Waals surface area contributed by atoms with Gasteiger partial charge in [-0.1, -0.05) is 29.9 Å². The number of likely N-dealkylation sites (tertiary alicyclic amines) is 1. The molecule has 3 nitrogen and oxygen atoms in total. The second kappa shape index (κ2) is 5.43. The maximum Gasteiger partial charge on any atom is 0.138 e. The molecule has 0 N–H and O–H groups in total. The van der Waals surface area contributed by atoms with Crippen molar-refractivity contribution in [2.24, 2.45) is 11.8 Å². The summed E-state index contributed by atoms with van der Waals surface area (Å²) in [5.74, 6) is 1.70. The van der Waals surface area contributed by atoms with Gasteiger partial charge in [-0.3, -0.25) is 4.90 Å². The van der Waals surface area contributed by atoms with Gasteiger partial charge in [0.2, 0.25) is 0 Å². The lowest BCUT2D eigenvalue weighted by Gasteiger charge is -2.33. The molecule has 1 aromatic rings. The highest BCUT2D eigenvalue weighted by Crippen LogP contribution is 2.26. The molecule has 2 rings (SSSR count). The monoisotopic (exact) mass is 259 g/mol. The van der Waals surface area contributed by atoms with Gasteiger partial charge in [-0.25, -0.2) is 0 Å². The van der Waals surface area contributed by atoms with Crippen LogP contribution in [0.25, 0.3) is 0 Å². The molecule has 0 atom stereocenters. The van der Waals surface area contributed by atoms with Crippen LogP contribution in [0, 0.1) is 11.8 Å². The maximum atomic E-state index is 6.00. The van der Waals surface area contributed by atoms with Crippen molar-refractivity contribution < 1.29 is 0 Å². The van der Waals surface area contributed by atoms with Gasteiger partial charge in [0.15, 0.2) is 0 Å². The van der Waals surface area contributed by atoms with Crippen molar-refractivity contribution in [2.45, 2.75) is 33.2 Å². The first kappa shape index (κ1) is 12.3. The molecule has 0 spiro atoms. The molecule has 1 aliphatic heterocycles. The summed E-state index contributed by atoms with van der Waals surface area (Å²) in [5.41, 5.74) is 0.940. The lowest BCUT2D eigenvalue weighted by Crippen LogP contribution is -2.34. The zero-order valence-corrected chi connectivity index (χ0v) is 11.4. The molecular formula is C11H18ClN3S. The van der Waals surface area contributed by atoms with Crippen LogP contribution >= 0.6 is 23.1 Å². The number of aromatic nitrogens is 2. The van der Waals surface area contributed by atoms with Crippen molar-refractivity contribution in [1.29, 1.82) is 0 Å². The smallest absolute Gasteiger partial charge is 0.138 e. The van der Waals surface area contributed by atoms with Crippen LogP contribution in [0.15, 0.2) is 0 Å². The summed E-state index contributed by atoms with van der Waals surface area (Å²) in [5, 5.41) is 4.06. The summed E-state index contributed by atoms with van der Waals surface area (Å²) >= 11 is 7.28. The van der Waals surface area contributed by atoms with E-state index in [1.807, 2.05) is 0 Å². The molecule has 1 aliphatic rings. The Morgan fingerprint density at radius 3 is 2.62 bits per heavy atom. The molecular weight excluding hydrogens is 242 g/mol. The molecule has 0 aromatic carbocycles. The van der Waals surface area contributed by atoms with Crippen LogP contribution in [-0.4, -0.2) is 27.6 Å². The third kappa shape index (κ3) is 2.93. The van der Waals surface area contributed by atoms with Crippen molar-refractivity contribution in [3.63, 3.8) is 0 Å². The van der Waals surface area contributed by atoms with E-state index in [-0.39, 0.29) is 0 Å². The van der Waals surface area contributed by atoms with E-state index in [4.69, 9.17) is 11.6 Å². The number of hydrogen-bond acceptors (Lipinski definition) is 4. The molecule has 5 heteroatoms. The molecule has 90 valence electrons. The largest absolute Gasteiger partial charge is 0.297 e. The fourth-order valence-corrected chi connectivity index (χ4v) is 2.89. The van der Waals surface area contributed by atoms with Crippen molar-refractivity contribution >= 4 is 23.1 Å². The normalized spacial score (nSPS) is 19.5. The number of nitrogens with zero attached hydrogens (tertiary/aromatic N) is 3. The van der Waals surface area contributed by atoms with Crippen LogP contribution in [0.2, 0.25) is 4.34 Å². The van der Waals surface area contributed by atoms with Gasteiger partial charge in [-0.05, 0) is 37.8 Å². The molecule has 0 radical (unpaired) electrons. The quantitative estimate of drug-likeness (QED) is 0.836. The van der Waals surface area contributed by atoms with E-state index >= 15 is 0 Å². The van der Waals surface area contributed by atoms with Crippen molar-refractivity contribution in [3.05, 3.63) is 10.0 Å². The highest BCUT2D eigenvalue weighted by Gasteiger charge is 2.22. The summed E-state index contributed by atoms with van der Waals surface area (Å²) < 4.78 is 4.61. The van der Waals surface area contributed by atoms with Crippen molar-refractivity contribution in [1.82, 2.24) is 14.5 Å². The Morgan fingerprint density at radius 2 is 2.12 bits per heavy atom. The van der Waals surface area contributed by atoms with E-state index in [1.165, 1.54) is 24.4 Å². The van der Waals surface area contributed by atoms with E-state index in [2.05, 4.69) is 28.3 Å². The van der Waals surface area contributed by atoms with E-state index < -0.39 is 0 Å². The Morgan fingerprint density at radius 1 is 1.44 bits per heavy atom. The minimum atomic E-state index is 0.742. The zero-order chi connectivity index (χ0) is 11.5. The Labute approximate surface area is 106 Å². The highest BCUT2D eigenvalue weighted by atomic mass is 35.5. The van der Waals surface area contributed by atoms with Gasteiger partial charge < -0.3 is 0 Å². The number of hydrogen-bond donors (Lipinski definition) is 0. The third-order valence-electron chi connectivity index (χ3n) is 3.46. The van der Waals surface area contributed by atoms with Gasteiger partial charge in [0.1, 0.15) is 10.0 Å². The van der Waals surface area contributed by atoms with Crippen molar-refractivity contribution in [3.8, 4) is 0 Å². The average molecular weight is 260 g/mol. The van der Waals surface area contributed by atoms with Crippen LogP contribution in [0.5, 0.6) is 0 Å². The average Bonchev–Trinajstić information content (AvgIpc) is 2.65. The predicted octanol–water partition coefficient (Wildman–Crippen LogP) is 3.06. The number of rotatable bonds is 3. The molecule has 0 unspecified atom stereocenters. The van der Waals surface area contributed by atoms with E-state index in [0.717, 1.165) is 41.5 Å². The lowest BCUT2D eigenvalue weighted by molar-refractivity contribution is 0.150. The Hall–Kier alpha value is -0.190. The minimum Gasteiger partial charge on any atom is -0.297 e. The third-order valence-corrected chi connectivity index (χ3v) is 4.44. The van der Waals surface area contributed by atoms with Crippen LogP contribution in [0.1, 0.15) is 32.4 Å². The maximum absolute atomic E-state index is 6.00. The van der Waals surface area contributed by atoms with Crippen molar-refractivity contribution in [2.75, 3.05) is 13.1 Å². The molecule has 0 bridgehead atoms. The number of halogens is 1. The van der Waals surface area contributed by atoms with Gasteiger partial charge in [0, 0.05) is 18.1 Å². The SMILES string of the molecule is CC(C)C1CCN(Cc2nnsc2Cl)CC1. The fourth-order valence-electron chi connectivity index (χ4n) is 2.28. The molecule has 0 amide bonds. The fraction of sp³-hybridized carbons (Fsp3) is 0.818. The van der Waals surface area contributed by atoms with Crippen LogP contribution in [0.4, 0.5) is 0 Å². The summed E-state index contributed by atoms with van der Waals surface area (Å²) in [7, 11) is 0. The molecule has 1 saturated heterocycles. The second-order valence-electron chi connectivity index (χ2n) is 4.85. The topological polar surface area (TPSA) is 29.0 Å². The predicted molar refractivity (Wildman–Crippen MR) is 67.8 cm³/mol. The molecule has 2 heterocycles. The zero-order valence-electron chi connectivity index (χ0n) is 9.82. The highest BCUT2D eigenvalue weighted by molar-refractivity contribution is 7.10. The molecule has 0 saturated carbocycles. The van der Waals surface area contributed by atoms with Crippen LogP contribution < -0.4 is 0 Å². The summed E-state index contributed by atoms with van der Waals surface area (Å²) in [6.07, 6.45) is 2.60. The minimum absolute atomic E-state index is 0.742. The van der Waals surface area contributed by atoms with Gasteiger partial charge in [0.05, 0.1) is 0 Å². The standard InChI is InChI=1S/C11H18ClN3S/c1-8(2)9-3-5-15(6-4-9)7-10-11(12)16-14-13-10/h8-9H,3-7H2,1-2H3. The van der Waals surface area contributed by atoms with Crippen LogP contribution in [0.3, 0.4) is 0 Å². The van der Waals surface area contributed by atoms with E-state index in [1.54, 1.807) is 0 Å². The molecule has 1 fully saturated rings. The Bertz CT molecular complexity index is 332. The first-order valence-electron chi connectivity index (χ1n) is 5.86. The first-order valence-corrected chi connectivity index (χ1v) is 7.01. The Balaban J connectivity index is 1.84. The molecule has 0 aliphatic carbocycles. The van der Waals surface area contributed by atoms with E-state index in [0.29, 0.717) is 0 Å². The first-order chi connectivity index (χ1) is 7.66. The van der Waals surface area contributed by atoms with Gasteiger partial charge in [-0.2, -0.15) is 0 Å². The van der Waals surface area contributed by atoms with Crippen LogP contribution in [-0.2, 0) is 6.54 Å². The van der Waals surface area contributed by atoms with Gasteiger partial charge in [0.25, 0.3) is 0 Å². The van der Waals surface area contributed by atoms with Gasteiger partial charge in [-0.15, -0.1) is 5.10 Å². The molecule has 16 heavy (non-hydrogen) atoms. The van der Waals surface area contributed by atoms with Gasteiger partial charge >= 0.3 is 0 Å². The second-order valence-corrected chi connectivity index (χ2v) is 6.21. The molecule has 1 aromatic heterocycles. The summed E-state index contributed by atoms with van der Waals surface area (Å²) in [4.78, 5) is 2.43. The number of piperidine rings is 1. The summed E-state index contributed by atoms with van der Waals surface area (Å²) in [6.45, 7) is 7.83.